The molecule has 2 heterocycles. The molecule has 1 aliphatic carbocycles. The van der Waals surface area contributed by atoms with E-state index in [0.29, 0.717) is 11.8 Å². The lowest BCUT2D eigenvalue weighted by Crippen LogP contribution is -2.07. The van der Waals surface area contributed by atoms with Gasteiger partial charge >= 0.3 is 0 Å². The number of allylic oxidation sites excluding steroid dienone is 4. The van der Waals surface area contributed by atoms with Gasteiger partial charge in [0.1, 0.15) is 22.3 Å². The van der Waals surface area contributed by atoms with Crippen LogP contribution >= 0.6 is 0 Å². The third-order valence-electron chi connectivity index (χ3n) is 10.2. The van der Waals surface area contributed by atoms with Crippen LogP contribution in [0.3, 0.4) is 0 Å². The fourth-order valence-electron chi connectivity index (χ4n) is 7.95. The normalized spacial score (nSPS) is 16.4. The molecule has 0 radical (unpaired) electrons. The van der Waals surface area contributed by atoms with Gasteiger partial charge in [0.25, 0.3) is 0 Å². The molecular weight excluding hydrogens is 572 g/mol. The standard InChI is InChI=1S/C45H30O2/c1-27-10-2-3-11-31(27)28-18-20-29(21-19-28)42-33-12-4-6-14-35(33)43(36-15-7-5-13-34(36)42)30-22-23-32-37-24-25-40-44(45(37)47-41(32)26-30)38-16-8-9-17-39(38)46-40/h2-27,31H,1H3. The molecule has 222 valence electrons. The molecule has 0 N–H and O–H groups in total. The van der Waals surface area contributed by atoms with E-state index in [0.717, 1.165) is 49.4 Å². The average Bonchev–Trinajstić information content (AvgIpc) is 3.69. The van der Waals surface area contributed by atoms with Gasteiger partial charge < -0.3 is 8.83 Å². The highest BCUT2D eigenvalue weighted by molar-refractivity contribution is 6.24. The molecule has 1 aliphatic rings. The average molecular weight is 603 g/mol. The van der Waals surface area contributed by atoms with Gasteiger partial charge in [-0.05, 0) is 85.6 Å². The first-order valence-corrected chi connectivity index (χ1v) is 16.4. The fourth-order valence-corrected chi connectivity index (χ4v) is 7.95. The first kappa shape index (κ1) is 26.4. The molecule has 0 fully saturated rings. The minimum Gasteiger partial charge on any atom is -0.456 e. The number of para-hydroxylation sites is 1. The molecule has 2 nitrogen and oxygen atoms in total. The van der Waals surface area contributed by atoms with E-state index in [1.165, 1.54) is 43.8 Å². The summed E-state index contributed by atoms with van der Waals surface area (Å²) < 4.78 is 12.9. The second kappa shape index (κ2) is 10.1. The van der Waals surface area contributed by atoms with E-state index in [1.54, 1.807) is 0 Å². The van der Waals surface area contributed by atoms with E-state index >= 15 is 0 Å². The molecule has 0 saturated heterocycles. The molecule has 0 saturated carbocycles. The smallest absolute Gasteiger partial charge is 0.147 e. The van der Waals surface area contributed by atoms with Crippen molar-refractivity contribution in [2.45, 2.75) is 12.8 Å². The Hall–Kier alpha value is -5.86. The molecular formula is C45H30O2. The van der Waals surface area contributed by atoms with Crippen LogP contribution in [0.4, 0.5) is 0 Å². The molecule has 10 rings (SSSR count). The zero-order chi connectivity index (χ0) is 31.1. The Balaban J connectivity index is 1.18. The van der Waals surface area contributed by atoms with E-state index in [2.05, 4.69) is 146 Å². The van der Waals surface area contributed by atoms with Crippen molar-refractivity contribution in [2.24, 2.45) is 5.92 Å². The predicted octanol–water partition coefficient (Wildman–Crippen LogP) is 13.0. The minimum atomic E-state index is 0.404. The topological polar surface area (TPSA) is 26.3 Å². The summed E-state index contributed by atoms with van der Waals surface area (Å²) in [4.78, 5) is 0. The minimum absolute atomic E-state index is 0.404. The van der Waals surface area contributed by atoms with Crippen molar-refractivity contribution in [3.05, 3.63) is 157 Å². The lowest BCUT2D eigenvalue weighted by Gasteiger charge is -2.22. The number of fused-ring (bicyclic) bond motifs is 9. The summed E-state index contributed by atoms with van der Waals surface area (Å²) in [6.07, 6.45) is 8.93. The van der Waals surface area contributed by atoms with Crippen LogP contribution in [0.1, 0.15) is 18.4 Å². The Bertz CT molecular complexity index is 2690. The quantitative estimate of drug-likeness (QED) is 0.188. The van der Waals surface area contributed by atoms with E-state index in [1.807, 2.05) is 12.1 Å². The van der Waals surface area contributed by atoms with Crippen LogP contribution in [0.25, 0.3) is 87.7 Å². The van der Waals surface area contributed by atoms with Crippen LogP contribution in [-0.4, -0.2) is 0 Å². The molecule has 9 aromatic rings. The summed E-state index contributed by atoms with van der Waals surface area (Å²) in [5.41, 5.74) is 9.72. The molecule has 0 aliphatic heterocycles. The van der Waals surface area contributed by atoms with Crippen molar-refractivity contribution >= 4 is 65.4 Å². The number of hydrogen-bond donors (Lipinski definition) is 0. The van der Waals surface area contributed by atoms with Crippen LogP contribution in [0.15, 0.2) is 161 Å². The summed E-state index contributed by atoms with van der Waals surface area (Å²) in [7, 11) is 0. The van der Waals surface area contributed by atoms with Gasteiger partial charge in [-0.3, -0.25) is 0 Å². The van der Waals surface area contributed by atoms with E-state index < -0.39 is 0 Å². The van der Waals surface area contributed by atoms with Gasteiger partial charge in [0.15, 0.2) is 0 Å². The highest BCUT2D eigenvalue weighted by atomic mass is 16.3. The highest BCUT2D eigenvalue weighted by Crippen LogP contribution is 2.46. The third kappa shape index (κ3) is 3.91. The maximum atomic E-state index is 6.71. The molecule has 47 heavy (non-hydrogen) atoms. The summed E-state index contributed by atoms with van der Waals surface area (Å²) in [5.74, 6) is 0.891. The molecule has 7 aromatic carbocycles. The number of rotatable bonds is 3. The SMILES string of the molecule is CC1C=CC=CC1c1ccc(-c2c3ccccc3c(-c3ccc4c(c3)oc3c4ccc4oc5ccccc5c43)c3ccccc23)cc1. The number of furan rings is 2. The monoisotopic (exact) mass is 602 g/mol. The zero-order valence-corrected chi connectivity index (χ0v) is 25.9. The largest absolute Gasteiger partial charge is 0.456 e. The summed E-state index contributed by atoms with van der Waals surface area (Å²) in [5, 5.41) is 9.29. The van der Waals surface area contributed by atoms with Crippen LogP contribution in [0, 0.1) is 5.92 Å². The van der Waals surface area contributed by atoms with Gasteiger partial charge in [0.05, 0.1) is 5.39 Å². The van der Waals surface area contributed by atoms with Crippen LogP contribution < -0.4 is 0 Å². The number of hydrogen-bond acceptors (Lipinski definition) is 2. The lowest BCUT2D eigenvalue weighted by atomic mass is 9.82. The molecule has 0 bridgehead atoms. The number of benzene rings is 7. The van der Waals surface area contributed by atoms with Gasteiger partial charge in [-0.1, -0.05) is 128 Å². The molecule has 2 heteroatoms. The molecule has 2 unspecified atom stereocenters. The van der Waals surface area contributed by atoms with Gasteiger partial charge in [-0.25, -0.2) is 0 Å². The van der Waals surface area contributed by atoms with E-state index in [9.17, 15) is 0 Å². The molecule has 2 atom stereocenters. The first-order valence-electron chi connectivity index (χ1n) is 16.4. The van der Waals surface area contributed by atoms with Crippen LogP contribution in [0.5, 0.6) is 0 Å². The van der Waals surface area contributed by atoms with E-state index in [4.69, 9.17) is 8.83 Å². The van der Waals surface area contributed by atoms with Crippen molar-refractivity contribution in [2.75, 3.05) is 0 Å². The van der Waals surface area contributed by atoms with E-state index in [-0.39, 0.29) is 0 Å². The Kier molecular flexibility index (Phi) is 5.65. The molecule has 2 aromatic heterocycles. The molecule has 0 amide bonds. The Morgan fingerprint density at radius 2 is 1.04 bits per heavy atom. The van der Waals surface area contributed by atoms with Gasteiger partial charge in [-0.15, -0.1) is 0 Å². The third-order valence-corrected chi connectivity index (χ3v) is 10.2. The van der Waals surface area contributed by atoms with Crippen molar-refractivity contribution in [3.63, 3.8) is 0 Å². The summed E-state index contributed by atoms with van der Waals surface area (Å²) in [6.45, 7) is 2.29. The van der Waals surface area contributed by atoms with Gasteiger partial charge in [0.2, 0.25) is 0 Å². The van der Waals surface area contributed by atoms with Crippen LogP contribution in [-0.2, 0) is 0 Å². The first-order chi connectivity index (χ1) is 23.2. The second-order valence-electron chi connectivity index (χ2n) is 12.8. The highest BCUT2D eigenvalue weighted by Gasteiger charge is 2.21. The Morgan fingerprint density at radius 1 is 0.447 bits per heavy atom. The van der Waals surface area contributed by atoms with Crippen molar-refractivity contribution < 1.29 is 8.83 Å². The van der Waals surface area contributed by atoms with Gasteiger partial charge in [-0.2, -0.15) is 0 Å². The molecule has 0 spiro atoms. The lowest BCUT2D eigenvalue weighted by molar-refractivity contribution is 0.635. The second-order valence-corrected chi connectivity index (χ2v) is 12.8. The predicted molar refractivity (Wildman–Crippen MR) is 197 cm³/mol. The summed E-state index contributed by atoms with van der Waals surface area (Å²) >= 11 is 0. The maximum absolute atomic E-state index is 6.71. The van der Waals surface area contributed by atoms with Crippen LogP contribution in [0.2, 0.25) is 0 Å². The maximum Gasteiger partial charge on any atom is 0.147 e. The Labute approximate surface area is 271 Å². The van der Waals surface area contributed by atoms with Crippen molar-refractivity contribution in [3.8, 4) is 22.3 Å². The van der Waals surface area contributed by atoms with Gasteiger partial charge in [0, 0.05) is 22.1 Å². The fraction of sp³-hybridized carbons (Fsp3) is 0.0667. The Morgan fingerprint density at radius 3 is 1.74 bits per heavy atom. The van der Waals surface area contributed by atoms with Crippen molar-refractivity contribution in [1.29, 1.82) is 0 Å². The van der Waals surface area contributed by atoms with Crippen molar-refractivity contribution in [1.82, 2.24) is 0 Å². The summed E-state index contributed by atoms with van der Waals surface area (Å²) in [6, 6.07) is 46.0. The zero-order valence-electron chi connectivity index (χ0n) is 25.9.